The summed E-state index contributed by atoms with van der Waals surface area (Å²) in [5.41, 5.74) is 6.55. The van der Waals surface area contributed by atoms with Crippen molar-refractivity contribution in [3.05, 3.63) is 11.0 Å². The molecule has 130 valence electrons. The Hall–Kier alpha value is -1.93. The van der Waals surface area contributed by atoms with Crippen molar-refractivity contribution < 1.29 is 9.53 Å². The lowest BCUT2D eigenvalue weighted by Crippen LogP contribution is -2.17. The molecular formula is C15H21ClN6O2. The summed E-state index contributed by atoms with van der Waals surface area (Å²) in [5.74, 6) is -0.0508. The maximum absolute atomic E-state index is 11.7. The van der Waals surface area contributed by atoms with Crippen LogP contribution < -0.4 is 11.1 Å². The van der Waals surface area contributed by atoms with E-state index >= 15 is 0 Å². The van der Waals surface area contributed by atoms with Gasteiger partial charge >= 0.3 is 0 Å². The largest absolute Gasteiger partial charge is 0.380 e. The van der Waals surface area contributed by atoms with Gasteiger partial charge in [-0.2, -0.15) is 10.1 Å². The summed E-state index contributed by atoms with van der Waals surface area (Å²) >= 11 is 6.05. The van der Waals surface area contributed by atoms with Crippen LogP contribution in [0.25, 0.3) is 11.0 Å². The molecule has 0 unspecified atom stereocenters. The van der Waals surface area contributed by atoms with Crippen molar-refractivity contribution in [2.45, 2.75) is 45.2 Å². The van der Waals surface area contributed by atoms with Gasteiger partial charge in [0.1, 0.15) is 11.0 Å². The summed E-state index contributed by atoms with van der Waals surface area (Å²) in [5, 5.41) is 7.78. The average molecular weight is 353 g/mol. The lowest BCUT2D eigenvalue weighted by atomic mass is 10.2. The van der Waals surface area contributed by atoms with Crippen LogP contribution in [-0.2, 0) is 11.3 Å². The van der Waals surface area contributed by atoms with Gasteiger partial charge < -0.3 is 15.8 Å². The predicted octanol–water partition coefficient (Wildman–Crippen LogP) is 1.97. The van der Waals surface area contributed by atoms with Gasteiger partial charge in [-0.25, -0.2) is 4.98 Å². The third kappa shape index (κ3) is 3.44. The number of primary amides is 1. The molecule has 8 nitrogen and oxygen atoms in total. The van der Waals surface area contributed by atoms with Crippen molar-refractivity contribution in [1.29, 1.82) is 0 Å². The SMILES string of the molecule is CCOCCn1nc(C(N)=O)c2nc(Cl)nc(NC3CCCC3)c21. The molecule has 24 heavy (non-hydrogen) atoms. The van der Waals surface area contributed by atoms with E-state index < -0.39 is 5.91 Å². The highest BCUT2D eigenvalue weighted by Gasteiger charge is 2.23. The molecule has 0 spiro atoms. The minimum Gasteiger partial charge on any atom is -0.380 e. The maximum Gasteiger partial charge on any atom is 0.271 e. The monoisotopic (exact) mass is 352 g/mol. The molecule has 2 aromatic rings. The van der Waals surface area contributed by atoms with E-state index in [2.05, 4.69) is 20.4 Å². The number of carbonyl (C=O) groups is 1. The van der Waals surface area contributed by atoms with E-state index in [1.54, 1.807) is 4.68 Å². The first-order valence-corrected chi connectivity index (χ1v) is 8.56. The second-order valence-corrected chi connectivity index (χ2v) is 6.14. The number of nitrogens with one attached hydrogen (secondary N) is 1. The Morgan fingerprint density at radius 3 is 2.83 bits per heavy atom. The van der Waals surface area contributed by atoms with Crippen LogP contribution in [0.1, 0.15) is 43.1 Å². The third-order valence-electron chi connectivity index (χ3n) is 4.14. The number of ether oxygens (including phenoxy) is 1. The molecule has 0 bridgehead atoms. The molecule has 1 amide bonds. The lowest BCUT2D eigenvalue weighted by Gasteiger charge is -2.14. The quantitative estimate of drug-likeness (QED) is 0.582. The molecule has 0 aliphatic heterocycles. The van der Waals surface area contributed by atoms with E-state index in [0.29, 0.717) is 42.7 Å². The number of carbonyl (C=O) groups excluding carboxylic acids is 1. The summed E-state index contributed by atoms with van der Waals surface area (Å²) in [6.45, 7) is 3.47. The van der Waals surface area contributed by atoms with E-state index in [1.165, 1.54) is 12.8 Å². The molecule has 0 atom stereocenters. The van der Waals surface area contributed by atoms with Gasteiger partial charge in [0.25, 0.3) is 5.91 Å². The summed E-state index contributed by atoms with van der Waals surface area (Å²) in [7, 11) is 0. The third-order valence-corrected chi connectivity index (χ3v) is 4.31. The van der Waals surface area contributed by atoms with E-state index in [9.17, 15) is 4.79 Å². The van der Waals surface area contributed by atoms with E-state index in [0.717, 1.165) is 12.8 Å². The number of hydrogen-bond acceptors (Lipinski definition) is 6. The zero-order chi connectivity index (χ0) is 17.1. The number of nitrogens with zero attached hydrogens (tertiary/aromatic N) is 4. The summed E-state index contributed by atoms with van der Waals surface area (Å²) in [6, 6.07) is 0.339. The van der Waals surface area contributed by atoms with Gasteiger partial charge in [0, 0.05) is 12.6 Å². The highest BCUT2D eigenvalue weighted by molar-refractivity contribution is 6.29. The zero-order valence-corrected chi connectivity index (χ0v) is 14.3. The van der Waals surface area contributed by atoms with Crippen molar-refractivity contribution >= 4 is 34.4 Å². The Kier molecular flexibility index (Phi) is 5.15. The van der Waals surface area contributed by atoms with Gasteiger partial charge in [0.05, 0.1) is 13.2 Å². The molecule has 2 aromatic heterocycles. The Bertz CT molecular complexity index is 741. The summed E-state index contributed by atoms with van der Waals surface area (Å²) in [6.07, 6.45) is 4.54. The molecule has 1 aliphatic carbocycles. The molecule has 1 fully saturated rings. The second-order valence-electron chi connectivity index (χ2n) is 5.80. The fraction of sp³-hybridized carbons (Fsp3) is 0.600. The van der Waals surface area contributed by atoms with Crippen LogP contribution in [0.2, 0.25) is 5.28 Å². The van der Waals surface area contributed by atoms with Gasteiger partial charge in [-0.1, -0.05) is 12.8 Å². The number of anilines is 1. The summed E-state index contributed by atoms with van der Waals surface area (Å²) in [4.78, 5) is 20.2. The molecule has 2 heterocycles. The van der Waals surface area contributed by atoms with Gasteiger partial charge in [-0.15, -0.1) is 0 Å². The van der Waals surface area contributed by atoms with Gasteiger partial charge in [-0.05, 0) is 31.4 Å². The molecule has 3 rings (SSSR count). The molecule has 1 saturated carbocycles. The van der Waals surface area contributed by atoms with Gasteiger partial charge in [0.2, 0.25) is 5.28 Å². The first-order chi connectivity index (χ1) is 11.6. The standard InChI is InChI=1S/C15H21ClN6O2/c1-2-24-8-7-22-12-10(11(21-22)13(17)23)19-15(16)20-14(12)18-9-5-3-4-6-9/h9H,2-8H2,1H3,(H2,17,23)(H,18,19,20). The maximum atomic E-state index is 11.7. The van der Waals surface area contributed by atoms with E-state index in [4.69, 9.17) is 22.1 Å². The molecule has 3 N–H and O–H groups in total. The first-order valence-electron chi connectivity index (χ1n) is 8.18. The molecular weight excluding hydrogens is 332 g/mol. The average Bonchev–Trinajstić information content (AvgIpc) is 3.15. The van der Waals surface area contributed by atoms with Gasteiger partial charge in [-0.3, -0.25) is 9.48 Å². The summed E-state index contributed by atoms with van der Waals surface area (Å²) < 4.78 is 7.05. The van der Waals surface area contributed by atoms with Crippen LogP contribution in [0, 0.1) is 0 Å². The molecule has 0 aromatic carbocycles. The zero-order valence-electron chi connectivity index (χ0n) is 13.6. The molecule has 0 radical (unpaired) electrons. The normalized spacial score (nSPS) is 15.2. The minimum atomic E-state index is -0.642. The van der Waals surface area contributed by atoms with Crippen LogP contribution in [0.15, 0.2) is 0 Å². The number of halogens is 1. The van der Waals surface area contributed by atoms with Crippen LogP contribution >= 0.6 is 11.6 Å². The van der Waals surface area contributed by atoms with Crippen molar-refractivity contribution in [1.82, 2.24) is 19.7 Å². The number of hydrogen-bond donors (Lipinski definition) is 2. The highest BCUT2D eigenvalue weighted by Crippen LogP contribution is 2.28. The smallest absolute Gasteiger partial charge is 0.271 e. The Morgan fingerprint density at radius 2 is 2.17 bits per heavy atom. The fourth-order valence-electron chi connectivity index (χ4n) is 3.04. The fourth-order valence-corrected chi connectivity index (χ4v) is 3.21. The second kappa shape index (κ2) is 7.31. The highest BCUT2D eigenvalue weighted by atomic mass is 35.5. The Morgan fingerprint density at radius 1 is 1.42 bits per heavy atom. The Labute approximate surface area is 144 Å². The van der Waals surface area contributed by atoms with Crippen LogP contribution in [0.5, 0.6) is 0 Å². The molecule has 1 aliphatic rings. The van der Waals surface area contributed by atoms with E-state index in [-0.39, 0.29) is 11.0 Å². The van der Waals surface area contributed by atoms with Crippen LogP contribution in [-0.4, -0.2) is 44.9 Å². The van der Waals surface area contributed by atoms with Crippen molar-refractivity contribution in [2.24, 2.45) is 5.73 Å². The lowest BCUT2D eigenvalue weighted by molar-refractivity contribution is 0.0994. The number of fused-ring (bicyclic) bond motifs is 1. The van der Waals surface area contributed by atoms with Crippen LogP contribution in [0.4, 0.5) is 5.82 Å². The molecule has 9 heteroatoms. The number of nitrogens with two attached hydrogens (primary N) is 1. The van der Waals surface area contributed by atoms with E-state index in [1.807, 2.05) is 6.92 Å². The topological polar surface area (TPSA) is 108 Å². The first kappa shape index (κ1) is 16.9. The number of rotatable bonds is 7. The van der Waals surface area contributed by atoms with Crippen molar-refractivity contribution in [2.75, 3.05) is 18.5 Å². The number of aromatic nitrogens is 4. The number of amides is 1. The van der Waals surface area contributed by atoms with Gasteiger partial charge in [0.15, 0.2) is 11.5 Å². The Balaban J connectivity index is 2.05. The van der Waals surface area contributed by atoms with Crippen LogP contribution in [0.3, 0.4) is 0 Å². The van der Waals surface area contributed by atoms with Crippen molar-refractivity contribution in [3.63, 3.8) is 0 Å². The molecule has 0 saturated heterocycles. The minimum absolute atomic E-state index is 0.0647. The van der Waals surface area contributed by atoms with Crippen molar-refractivity contribution in [3.8, 4) is 0 Å². The predicted molar refractivity (Wildman–Crippen MR) is 91.2 cm³/mol.